The molecule has 126 valence electrons. The van der Waals surface area contributed by atoms with E-state index in [1.54, 1.807) is 0 Å². The van der Waals surface area contributed by atoms with Crippen LogP contribution in [0.1, 0.15) is 23.7 Å². The van der Waals surface area contributed by atoms with Crippen molar-refractivity contribution in [2.24, 2.45) is 5.73 Å². The standard InChI is InChI=1S/C15H21N3O5/c1-3-6-17-14(20)8-18-15(21)10-4-5-11(12(7-10)22-2)23-9-13(16)19/h4-5,7H,3,6,8-9H2,1-2H3,(H2,16,19)(H,17,20)(H,18,21). The fourth-order valence-corrected chi connectivity index (χ4v) is 1.67. The van der Waals surface area contributed by atoms with Gasteiger partial charge in [-0.15, -0.1) is 0 Å². The number of benzene rings is 1. The minimum Gasteiger partial charge on any atom is -0.493 e. The quantitative estimate of drug-likeness (QED) is 0.582. The lowest BCUT2D eigenvalue weighted by Crippen LogP contribution is -2.37. The number of ether oxygens (including phenoxy) is 2. The predicted octanol–water partition coefficient (Wildman–Crippen LogP) is -0.185. The number of primary amides is 1. The smallest absolute Gasteiger partial charge is 0.255 e. The van der Waals surface area contributed by atoms with Gasteiger partial charge in [-0.25, -0.2) is 0 Å². The third-order valence-electron chi connectivity index (χ3n) is 2.78. The summed E-state index contributed by atoms with van der Waals surface area (Å²) in [6, 6.07) is 4.45. The van der Waals surface area contributed by atoms with E-state index in [1.807, 2.05) is 6.92 Å². The zero-order valence-electron chi connectivity index (χ0n) is 13.2. The summed E-state index contributed by atoms with van der Waals surface area (Å²) in [5.74, 6) is -0.713. The van der Waals surface area contributed by atoms with Crippen molar-refractivity contribution in [1.82, 2.24) is 10.6 Å². The summed E-state index contributed by atoms with van der Waals surface area (Å²) in [5, 5.41) is 5.16. The number of carbonyl (C=O) groups is 3. The first-order valence-corrected chi connectivity index (χ1v) is 7.12. The summed E-state index contributed by atoms with van der Waals surface area (Å²) in [6.07, 6.45) is 0.823. The van der Waals surface area contributed by atoms with Crippen LogP contribution in [0.4, 0.5) is 0 Å². The molecule has 1 rings (SSSR count). The van der Waals surface area contributed by atoms with E-state index in [4.69, 9.17) is 15.2 Å². The van der Waals surface area contributed by atoms with Crippen molar-refractivity contribution < 1.29 is 23.9 Å². The molecule has 0 unspecified atom stereocenters. The largest absolute Gasteiger partial charge is 0.493 e. The van der Waals surface area contributed by atoms with E-state index in [2.05, 4.69) is 10.6 Å². The Morgan fingerprint density at radius 2 is 1.91 bits per heavy atom. The van der Waals surface area contributed by atoms with Gasteiger partial charge >= 0.3 is 0 Å². The molecule has 0 aliphatic rings. The highest BCUT2D eigenvalue weighted by molar-refractivity contribution is 5.97. The topological polar surface area (TPSA) is 120 Å². The monoisotopic (exact) mass is 323 g/mol. The molecule has 0 heterocycles. The van der Waals surface area contributed by atoms with Crippen LogP contribution in [0.3, 0.4) is 0 Å². The summed E-state index contributed by atoms with van der Waals surface area (Å²) in [4.78, 5) is 34.2. The van der Waals surface area contributed by atoms with Crippen LogP contribution < -0.4 is 25.8 Å². The van der Waals surface area contributed by atoms with Crippen molar-refractivity contribution in [1.29, 1.82) is 0 Å². The second-order valence-corrected chi connectivity index (χ2v) is 4.65. The van der Waals surface area contributed by atoms with Gasteiger partial charge in [-0.05, 0) is 24.6 Å². The van der Waals surface area contributed by atoms with Gasteiger partial charge in [0.15, 0.2) is 18.1 Å². The number of nitrogens with two attached hydrogens (primary N) is 1. The number of rotatable bonds is 9. The molecule has 0 atom stereocenters. The highest BCUT2D eigenvalue weighted by Gasteiger charge is 2.12. The molecule has 0 saturated heterocycles. The normalized spacial score (nSPS) is 9.83. The van der Waals surface area contributed by atoms with Crippen LogP contribution in [0.2, 0.25) is 0 Å². The summed E-state index contributed by atoms with van der Waals surface area (Å²) in [5.41, 5.74) is 5.31. The lowest BCUT2D eigenvalue weighted by Gasteiger charge is -2.11. The van der Waals surface area contributed by atoms with Gasteiger partial charge in [0.2, 0.25) is 5.91 Å². The Labute approximate surface area is 134 Å². The van der Waals surface area contributed by atoms with E-state index in [0.717, 1.165) is 6.42 Å². The Balaban J connectivity index is 2.67. The summed E-state index contributed by atoms with van der Waals surface area (Å²) >= 11 is 0. The van der Waals surface area contributed by atoms with Crippen molar-refractivity contribution in [3.8, 4) is 11.5 Å². The van der Waals surface area contributed by atoms with Crippen LogP contribution >= 0.6 is 0 Å². The van der Waals surface area contributed by atoms with Crippen molar-refractivity contribution in [3.05, 3.63) is 23.8 Å². The van der Waals surface area contributed by atoms with Gasteiger partial charge in [-0.2, -0.15) is 0 Å². The molecule has 0 aromatic heterocycles. The Kier molecular flexibility index (Phi) is 7.38. The Hall–Kier alpha value is -2.77. The summed E-state index contributed by atoms with van der Waals surface area (Å²) in [6.45, 7) is 2.10. The van der Waals surface area contributed by atoms with Crippen LogP contribution in [-0.4, -0.2) is 44.5 Å². The van der Waals surface area contributed by atoms with Crippen LogP contribution in [0, 0.1) is 0 Å². The lowest BCUT2D eigenvalue weighted by molar-refractivity contribution is -0.120. The van der Waals surface area contributed by atoms with Crippen molar-refractivity contribution in [3.63, 3.8) is 0 Å². The van der Waals surface area contributed by atoms with Gasteiger partial charge in [-0.1, -0.05) is 6.92 Å². The number of hydrogen-bond acceptors (Lipinski definition) is 5. The number of hydrogen-bond donors (Lipinski definition) is 3. The Bertz CT molecular complexity index is 574. The molecule has 8 nitrogen and oxygen atoms in total. The van der Waals surface area contributed by atoms with Crippen molar-refractivity contribution in [2.45, 2.75) is 13.3 Å². The third-order valence-corrected chi connectivity index (χ3v) is 2.78. The van der Waals surface area contributed by atoms with E-state index in [-0.39, 0.29) is 24.8 Å². The molecular formula is C15H21N3O5. The van der Waals surface area contributed by atoms with E-state index >= 15 is 0 Å². The second kappa shape index (κ2) is 9.29. The number of methoxy groups -OCH3 is 1. The molecule has 0 saturated carbocycles. The van der Waals surface area contributed by atoms with Crippen LogP contribution in [0.15, 0.2) is 18.2 Å². The van der Waals surface area contributed by atoms with Gasteiger partial charge in [0.25, 0.3) is 11.8 Å². The molecular weight excluding hydrogens is 302 g/mol. The van der Waals surface area contributed by atoms with E-state index in [0.29, 0.717) is 17.9 Å². The molecule has 3 amide bonds. The first kappa shape index (κ1) is 18.3. The molecule has 4 N–H and O–H groups in total. The van der Waals surface area contributed by atoms with Gasteiger partial charge in [0.1, 0.15) is 0 Å². The maximum Gasteiger partial charge on any atom is 0.255 e. The lowest BCUT2D eigenvalue weighted by atomic mass is 10.2. The fraction of sp³-hybridized carbons (Fsp3) is 0.400. The van der Waals surface area contributed by atoms with Crippen LogP contribution in [0.5, 0.6) is 11.5 Å². The number of nitrogens with one attached hydrogen (secondary N) is 2. The minimum absolute atomic E-state index is 0.110. The van der Waals surface area contributed by atoms with Gasteiger partial charge in [0.05, 0.1) is 13.7 Å². The molecule has 23 heavy (non-hydrogen) atoms. The third kappa shape index (κ3) is 6.25. The maximum atomic E-state index is 12.0. The molecule has 1 aromatic carbocycles. The highest BCUT2D eigenvalue weighted by atomic mass is 16.5. The van der Waals surface area contributed by atoms with E-state index < -0.39 is 11.8 Å². The molecule has 0 bridgehead atoms. The number of carbonyl (C=O) groups excluding carboxylic acids is 3. The van der Waals surface area contributed by atoms with Gasteiger partial charge in [-0.3, -0.25) is 14.4 Å². The second-order valence-electron chi connectivity index (χ2n) is 4.65. The molecule has 0 aliphatic carbocycles. The fourth-order valence-electron chi connectivity index (χ4n) is 1.67. The summed E-state index contributed by atoms with van der Waals surface area (Å²) < 4.78 is 10.3. The first-order chi connectivity index (χ1) is 11.0. The molecule has 8 heteroatoms. The van der Waals surface area contributed by atoms with Crippen LogP contribution in [-0.2, 0) is 9.59 Å². The van der Waals surface area contributed by atoms with Crippen molar-refractivity contribution >= 4 is 17.7 Å². The van der Waals surface area contributed by atoms with Gasteiger partial charge < -0.3 is 25.8 Å². The van der Waals surface area contributed by atoms with Crippen molar-refractivity contribution in [2.75, 3.05) is 26.8 Å². The SMILES string of the molecule is CCCNC(=O)CNC(=O)c1ccc(OCC(N)=O)c(OC)c1. The van der Waals surface area contributed by atoms with Gasteiger partial charge in [0, 0.05) is 12.1 Å². The minimum atomic E-state index is -0.619. The molecule has 0 spiro atoms. The summed E-state index contributed by atoms with van der Waals surface area (Å²) in [7, 11) is 1.41. The zero-order chi connectivity index (χ0) is 17.2. The average molecular weight is 323 g/mol. The molecule has 0 fully saturated rings. The van der Waals surface area contributed by atoms with E-state index in [1.165, 1.54) is 25.3 Å². The Morgan fingerprint density at radius 1 is 1.17 bits per heavy atom. The predicted molar refractivity (Wildman–Crippen MR) is 83.3 cm³/mol. The first-order valence-electron chi connectivity index (χ1n) is 7.12. The average Bonchev–Trinajstić information content (AvgIpc) is 2.55. The Morgan fingerprint density at radius 3 is 2.52 bits per heavy atom. The zero-order valence-corrected chi connectivity index (χ0v) is 13.2. The number of amides is 3. The molecule has 0 radical (unpaired) electrons. The molecule has 0 aliphatic heterocycles. The van der Waals surface area contributed by atoms with E-state index in [9.17, 15) is 14.4 Å². The highest BCUT2D eigenvalue weighted by Crippen LogP contribution is 2.27. The maximum absolute atomic E-state index is 12.0. The molecule has 1 aromatic rings. The van der Waals surface area contributed by atoms with Crippen LogP contribution in [0.25, 0.3) is 0 Å².